The van der Waals surface area contributed by atoms with Crippen LogP contribution < -0.4 is 10.2 Å². The summed E-state index contributed by atoms with van der Waals surface area (Å²) in [7, 11) is 0. The summed E-state index contributed by atoms with van der Waals surface area (Å²) in [5.74, 6) is 0.381. The first-order valence-electron chi connectivity index (χ1n) is 10.5. The fourth-order valence-electron chi connectivity index (χ4n) is 3.12. The van der Waals surface area contributed by atoms with Crippen molar-refractivity contribution < 1.29 is 9.53 Å². The molecule has 0 atom stereocenters. The Morgan fingerprint density at radius 1 is 0.833 bits per heavy atom. The topological polar surface area (TPSA) is 50.7 Å². The van der Waals surface area contributed by atoms with Crippen LogP contribution in [0.1, 0.15) is 38.2 Å². The van der Waals surface area contributed by atoms with E-state index < -0.39 is 0 Å². The Morgan fingerprint density at radius 2 is 1.47 bits per heavy atom. The molecule has 0 aromatic heterocycles. The standard InChI is InChI=1S/C26H28N2O2/c1-2-3-6-15-25(23-13-9-5-10-14-23)27-28-26(29)20-30-24-18-16-22(17-19-24)21-11-7-4-8-12-21/h4-5,7-14,16-19H,2-3,6,15,20H2,1H3,(H,28,29)/b27-25+. The highest BCUT2D eigenvalue weighted by atomic mass is 16.5. The average molecular weight is 401 g/mol. The summed E-state index contributed by atoms with van der Waals surface area (Å²) in [5.41, 5.74) is 6.82. The number of hydrogen-bond acceptors (Lipinski definition) is 3. The SMILES string of the molecule is CCCCC/C(=N\NC(=O)COc1ccc(-c2ccccc2)cc1)c1ccccc1. The van der Waals surface area contributed by atoms with E-state index in [9.17, 15) is 4.79 Å². The first kappa shape index (κ1) is 21.3. The second-order valence-corrected chi connectivity index (χ2v) is 7.10. The predicted octanol–water partition coefficient (Wildman–Crippen LogP) is 5.83. The minimum atomic E-state index is -0.272. The lowest BCUT2D eigenvalue weighted by atomic mass is 10.0. The molecule has 0 saturated heterocycles. The number of carbonyl (C=O) groups excluding carboxylic acids is 1. The van der Waals surface area contributed by atoms with Gasteiger partial charge in [0.05, 0.1) is 5.71 Å². The van der Waals surface area contributed by atoms with Crippen LogP contribution in [-0.4, -0.2) is 18.2 Å². The summed E-state index contributed by atoms with van der Waals surface area (Å²) in [6.45, 7) is 2.09. The number of hydrazone groups is 1. The molecule has 0 spiro atoms. The molecule has 3 aromatic carbocycles. The van der Waals surface area contributed by atoms with E-state index in [1.807, 2.05) is 72.8 Å². The summed E-state index contributed by atoms with van der Waals surface area (Å²) in [6, 6.07) is 27.8. The summed E-state index contributed by atoms with van der Waals surface area (Å²) in [4.78, 5) is 12.2. The summed E-state index contributed by atoms with van der Waals surface area (Å²) >= 11 is 0. The van der Waals surface area contributed by atoms with Crippen molar-refractivity contribution >= 4 is 11.6 Å². The van der Waals surface area contributed by atoms with Gasteiger partial charge in [0.2, 0.25) is 0 Å². The summed E-state index contributed by atoms with van der Waals surface area (Å²) in [6.07, 6.45) is 4.16. The van der Waals surface area contributed by atoms with Crippen molar-refractivity contribution in [3.63, 3.8) is 0 Å². The molecule has 3 aromatic rings. The van der Waals surface area contributed by atoms with Crippen LogP contribution in [0.25, 0.3) is 11.1 Å². The molecule has 30 heavy (non-hydrogen) atoms. The van der Waals surface area contributed by atoms with Crippen molar-refractivity contribution in [3.8, 4) is 16.9 Å². The maximum absolute atomic E-state index is 12.2. The van der Waals surface area contributed by atoms with Gasteiger partial charge in [-0.25, -0.2) is 5.43 Å². The van der Waals surface area contributed by atoms with Gasteiger partial charge in [-0.1, -0.05) is 92.6 Å². The number of unbranched alkanes of at least 4 members (excludes halogenated alkanes) is 2. The number of amides is 1. The minimum Gasteiger partial charge on any atom is -0.484 e. The number of nitrogens with one attached hydrogen (secondary N) is 1. The maximum atomic E-state index is 12.2. The highest BCUT2D eigenvalue weighted by molar-refractivity contribution is 6.01. The van der Waals surface area contributed by atoms with Crippen molar-refractivity contribution in [2.75, 3.05) is 6.61 Å². The second-order valence-electron chi connectivity index (χ2n) is 7.10. The van der Waals surface area contributed by atoms with E-state index in [4.69, 9.17) is 4.74 Å². The lowest BCUT2D eigenvalue weighted by molar-refractivity contribution is -0.123. The van der Waals surface area contributed by atoms with E-state index in [1.165, 1.54) is 0 Å². The fourth-order valence-corrected chi connectivity index (χ4v) is 3.12. The molecule has 0 aliphatic heterocycles. The molecule has 0 aliphatic carbocycles. The van der Waals surface area contributed by atoms with Crippen LogP contribution in [0.15, 0.2) is 90.0 Å². The van der Waals surface area contributed by atoms with E-state index in [1.54, 1.807) is 0 Å². The smallest absolute Gasteiger partial charge is 0.277 e. The van der Waals surface area contributed by atoms with Crippen LogP contribution in [0, 0.1) is 0 Å². The second kappa shape index (κ2) is 11.6. The van der Waals surface area contributed by atoms with Gasteiger partial charge in [-0.15, -0.1) is 0 Å². The number of benzene rings is 3. The summed E-state index contributed by atoms with van der Waals surface area (Å²) in [5, 5.41) is 4.37. The molecule has 0 heterocycles. The molecular formula is C26H28N2O2. The van der Waals surface area contributed by atoms with Crippen LogP contribution in [0.5, 0.6) is 5.75 Å². The largest absolute Gasteiger partial charge is 0.484 e. The van der Waals surface area contributed by atoms with Gasteiger partial charge in [0.1, 0.15) is 5.75 Å². The number of rotatable bonds is 10. The van der Waals surface area contributed by atoms with Crippen molar-refractivity contribution in [1.82, 2.24) is 5.43 Å². The van der Waals surface area contributed by atoms with Crippen molar-refractivity contribution in [2.24, 2.45) is 5.10 Å². The number of ether oxygens (including phenoxy) is 1. The normalized spacial score (nSPS) is 11.2. The highest BCUT2D eigenvalue weighted by Gasteiger charge is 2.06. The molecule has 0 saturated carbocycles. The van der Waals surface area contributed by atoms with Crippen LogP contribution in [0.4, 0.5) is 0 Å². The first-order valence-corrected chi connectivity index (χ1v) is 10.5. The number of hydrogen-bond donors (Lipinski definition) is 1. The zero-order chi connectivity index (χ0) is 21.0. The van der Waals surface area contributed by atoms with Gasteiger partial charge in [-0.3, -0.25) is 4.79 Å². The van der Waals surface area contributed by atoms with Gasteiger partial charge in [-0.2, -0.15) is 5.10 Å². The zero-order valence-electron chi connectivity index (χ0n) is 17.4. The molecule has 4 nitrogen and oxygen atoms in total. The molecule has 3 rings (SSSR count). The molecule has 4 heteroatoms. The lowest BCUT2D eigenvalue weighted by Crippen LogP contribution is -2.26. The molecule has 0 unspecified atom stereocenters. The van der Waals surface area contributed by atoms with Crippen molar-refractivity contribution in [3.05, 3.63) is 90.5 Å². The number of carbonyl (C=O) groups is 1. The van der Waals surface area contributed by atoms with Gasteiger partial charge in [-0.05, 0) is 41.7 Å². The Balaban J connectivity index is 1.54. The van der Waals surface area contributed by atoms with Crippen LogP contribution in [0.2, 0.25) is 0 Å². The van der Waals surface area contributed by atoms with E-state index in [2.05, 4.69) is 29.6 Å². The molecule has 0 fully saturated rings. The minimum absolute atomic E-state index is 0.0782. The van der Waals surface area contributed by atoms with Crippen LogP contribution >= 0.6 is 0 Å². The molecular weight excluding hydrogens is 372 g/mol. The van der Waals surface area contributed by atoms with E-state index >= 15 is 0 Å². The Hall–Kier alpha value is -3.40. The average Bonchev–Trinajstić information content (AvgIpc) is 2.81. The Labute approximate surface area is 178 Å². The molecule has 1 amide bonds. The van der Waals surface area contributed by atoms with Gasteiger partial charge < -0.3 is 4.74 Å². The van der Waals surface area contributed by atoms with E-state index in [0.29, 0.717) is 5.75 Å². The van der Waals surface area contributed by atoms with Gasteiger partial charge in [0, 0.05) is 0 Å². The third-order valence-corrected chi connectivity index (χ3v) is 4.77. The molecule has 0 aliphatic rings. The van der Waals surface area contributed by atoms with Gasteiger partial charge >= 0.3 is 0 Å². The maximum Gasteiger partial charge on any atom is 0.277 e. The predicted molar refractivity (Wildman–Crippen MR) is 123 cm³/mol. The highest BCUT2D eigenvalue weighted by Crippen LogP contribution is 2.22. The van der Waals surface area contributed by atoms with Crippen molar-refractivity contribution in [1.29, 1.82) is 0 Å². The first-order chi connectivity index (χ1) is 14.8. The van der Waals surface area contributed by atoms with E-state index in [0.717, 1.165) is 48.1 Å². The summed E-state index contributed by atoms with van der Waals surface area (Å²) < 4.78 is 5.61. The van der Waals surface area contributed by atoms with Crippen molar-refractivity contribution in [2.45, 2.75) is 32.6 Å². The fraction of sp³-hybridized carbons (Fsp3) is 0.231. The zero-order valence-corrected chi connectivity index (χ0v) is 17.4. The third kappa shape index (κ3) is 6.59. The molecule has 0 radical (unpaired) electrons. The molecule has 154 valence electrons. The van der Waals surface area contributed by atoms with E-state index in [-0.39, 0.29) is 12.5 Å². The molecule has 0 bridgehead atoms. The Bertz CT molecular complexity index is 936. The Morgan fingerprint density at radius 3 is 2.13 bits per heavy atom. The van der Waals surface area contributed by atoms with Gasteiger partial charge in [0.15, 0.2) is 6.61 Å². The van der Waals surface area contributed by atoms with Gasteiger partial charge in [0.25, 0.3) is 5.91 Å². The van der Waals surface area contributed by atoms with Crippen LogP contribution in [-0.2, 0) is 4.79 Å². The molecule has 1 N–H and O–H groups in total. The quantitative estimate of drug-likeness (QED) is 0.264. The lowest BCUT2D eigenvalue weighted by Gasteiger charge is -2.09. The third-order valence-electron chi connectivity index (χ3n) is 4.77. The monoisotopic (exact) mass is 400 g/mol. The number of nitrogens with zero attached hydrogens (tertiary/aromatic N) is 1. The van der Waals surface area contributed by atoms with Crippen LogP contribution in [0.3, 0.4) is 0 Å². The Kier molecular flexibility index (Phi) is 8.22.